The van der Waals surface area contributed by atoms with Crippen molar-refractivity contribution in [2.75, 3.05) is 19.3 Å². The fraction of sp³-hybridized carbons (Fsp3) is 0.385. The van der Waals surface area contributed by atoms with Crippen LogP contribution in [0.1, 0.15) is 22.8 Å². The van der Waals surface area contributed by atoms with Gasteiger partial charge in [-0.3, -0.25) is 4.79 Å². The monoisotopic (exact) mass is 231 g/mol. The molecule has 17 heavy (non-hydrogen) atoms. The summed E-state index contributed by atoms with van der Waals surface area (Å²) in [6.07, 6.45) is 0. The topological polar surface area (TPSA) is 70.1 Å². The minimum atomic E-state index is -0.185. The number of carbonyl (C=O) groups excluding carboxylic acids is 1. The first-order valence-electron chi connectivity index (χ1n) is 5.47. The Morgan fingerprint density at radius 1 is 1.59 bits per heavy atom. The van der Waals surface area contributed by atoms with Crippen LogP contribution < -0.4 is 5.73 Å². The Bertz CT molecular complexity index is 462. The van der Waals surface area contributed by atoms with Gasteiger partial charge in [0.1, 0.15) is 0 Å². The number of rotatable bonds is 3. The van der Waals surface area contributed by atoms with Crippen molar-refractivity contribution in [3.05, 3.63) is 29.3 Å². The van der Waals surface area contributed by atoms with E-state index < -0.39 is 0 Å². The van der Waals surface area contributed by atoms with Gasteiger partial charge in [-0.25, -0.2) is 0 Å². The molecular weight excluding hydrogens is 214 g/mol. The first-order chi connectivity index (χ1) is 7.95. The van der Waals surface area contributed by atoms with E-state index in [0.717, 1.165) is 5.56 Å². The largest absolute Gasteiger partial charge is 0.398 e. The van der Waals surface area contributed by atoms with Gasteiger partial charge >= 0.3 is 0 Å². The first kappa shape index (κ1) is 13.0. The molecule has 0 spiro atoms. The molecule has 0 saturated heterocycles. The SMILES string of the molecule is Cc1ccc(N)c(C(=O)N(C)CC(C)C#N)c1. The summed E-state index contributed by atoms with van der Waals surface area (Å²) in [5.41, 5.74) is 7.74. The molecule has 0 bridgehead atoms. The van der Waals surface area contributed by atoms with Gasteiger partial charge in [-0.15, -0.1) is 0 Å². The van der Waals surface area contributed by atoms with Crippen LogP contribution >= 0.6 is 0 Å². The molecule has 1 amide bonds. The van der Waals surface area contributed by atoms with Gasteiger partial charge in [-0.2, -0.15) is 5.26 Å². The molecule has 2 N–H and O–H groups in total. The highest BCUT2D eigenvalue weighted by atomic mass is 16.2. The lowest BCUT2D eigenvalue weighted by Crippen LogP contribution is -2.31. The number of carbonyl (C=O) groups is 1. The molecule has 1 rings (SSSR count). The van der Waals surface area contributed by atoms with Crippen LogP contribution in [0.25, 0.3) is 0 Å². The molecule has 0 aliphatic rings. The lowest BCUT2D eigenvalue weighted by Gasteiger charge is -2.19. The van der Waals surface area contributed by atoms with Gasteiger partial charge in [-0.1, -0.05) is 11.6 Å². The van der Waals surface area contributed by atoms with Crippen LogP contribution in [0.5, 0.6) is 0 Å². The molecule has 0 aliphatic carbocycles. The second-order valence-corrected chi connectivity index (χ2v) is 4.31. The van der Waals surface area contributed by atoms with Crippen LogP contribution in [0, 0.1) is 24.2 Å². The molecule has 4 heteroatoms. The highest BCUT2D eigenvalue weighted by Crippen LogP contribution is 2.16. The van der Waals surface area contributed by atoms with Gasteiger partial charge in [0.05, 0.1) is 17.6 Å². The highest BCUT2D eigenvalue weighted by Gasteiger charge is 2.16. The van der Waals surface area contributed by atoms with Crippen molar-refractivity contribution in [2.24, 2.45) is 5.92 Å². The van der Waals surface area contributed by atoms with E-state index in [1.165, 1.54) is 4.90 Å². The van der Waals surface area contributed by atoms with Crippen molar-refractivity contribution in [2.45, 2.75) is 13.8 Å². The standard InChI is InChI=1S/C13H17N3O/c1-9-4-5-12(15)11(6-9)13(17)16(3)8-10(2)7-14/h4-6,10H,8,15H2,1-3H3. The molecule has 0 aliphatic heterocycles. The van der Waals surface area contributed by atoms with E-state index in [9.17, 15) is 4.79 Å². The van der Waals surface area contributed by atoms with Crippen LogP contribution in [0.15, 0.2) is 18.2 Å². The number of hydrogen-bond acceptors (Lipinski definition) is 3. The predicted octanol–water partition coefficient (Wildman–Crippen LogP) is 1.81. The Hall–Kier alpha value is -2.02. The summed E-state index contributed by atoms with van der Waals surface area (Å²) in [4.78, 5) is 13.6. The second-order valence-electron chi connectivity index (χ2n) is 4.31. The van der Waals surface area contributed by atoms with E-state index in [1.54, 1.807) is 26.1 Å². The Balaban J connectivity index is 2.89. The molecule has 1 aromatic carbocycles. The van der Waals surface area contributed by atoms with Crippen LogP contribution in [0.2, 0.25) is 0 Å². The Morgan fingerprint density at radius 2 is 2.24 bits per heavy atom. The summed E-state index contributed by atoms with van der Waals surface area (Å²) >= 11 is 0. The Kier molecular flexibility index (Phi) is 4.11. The lowest BCUT2D eigenvalue weighted by atomic mass is 10.1. The number of nitrogens with zero attached hydrogens (tertiary/aromatic N) is 2. The fourth-order valence-electron chi connectivity index (χ4n) is 1.60. The summed E-state index contributed by atoms with van der Waals surface area (Å²) in [6.45, 7) is 4.10. The number of hydrogen-bond donors (Lipinski definition) is 1. The number of nitrogens with two attached hydrogens (primary N) is 1. The van der Waals surface area contributed by atoms with Gasteiger partial charge < -0.3 is 10.6 Å². The van der Waals surface area contributed by atoms with E-state index in [0.29, 0.717) is 17.8 Å². The summed E-state index contributed by atoms with van der Waals surface area (Å²) in [5, 5.41) is 8.72. The van der Waals surface area contributed by atoms with Crippen LogP contribution in [0.4, 0.5) is 5.69 Å². The predicted molar refractivity (Wildman–Crippen MR) is 67.3 cm³/mol. The van der Waals surface area contributed by atoms with E-state index in [-0.39, 0.29) is 11.8 Å². The zero-order chi connectivity index (χ0) is 13.0. The fourth-order valence-corrected chi connectivity index (χ4v) is 1.60. The number of aryl methyl sites for hydroxylation is 1. The van der Waals surface area contributed by atoms with E-state index >= 15 is 0 Å². The zero-order valence-corrected chi connectivity index (χ0v) is 10.4. The van der Waals surface area contributed by atoms with E-state index in [4.69, 9.17) is 11.0 Å². The summed E-state index contributed by atoms with van der Waals surface area (Å²) in [7, 11) is 1.68. The lowest BCUT2D eigenvalue weighted by molar-refractivity contribution is 0.0786. The van der Waals surface area contributed by atoms with Gasteiger partial charge in [0, 0.05) is 19.3 Å². The molecule has 1 atom stereocenters. The minimum Gasteiger partial charge on any atom is -0.398 e. The van der Waals surface area contributed by atoms with E-state index in [1.807, 2.05) is 13.0 Å². The molecule has 0 fully saturated rings. The van der Waals surface area contributed by atoms with Crippen molar-refractivity contribution in [1.29, 1.82) is 5.26 Å². The van der Waals surface area contributed by atoms with Gasteiger partial charge in [0.2, 0.25) is 0 Å². The Labute approximate surface area is 102 Å². The molecule has 4 nitrogen and oxygen atoms in total. The Morgan fingerprint density at radius 3 is 2.82 bits per heavy atom. The molecule has 0 aromatic heterocycles. The van der Waals surface area contributed by atoms with Crippen LogP contribution in [0.3, 0.4) is 0 Å². The first-order valence-corrected chi connectivity index (χ1v) is 5.47. The highest BCUT2D eigenvalue weighted by molar-refractivity contribution is 5.99. The number of anilines is 1. The molecule has 0 heterocycles. The molecule has 0 saturated carbocycles. The minimum absolute atomic E-state index is 0.145. The molecule has 1 aromatic rings. The van der Waals surface area contributed by atoms with Crippen LogP contribution in [-0.4, -0.2) is 24.4 Å². The molecule has 90 valence electrons. The molecule has 0 radical (unpaired) electrons. The maximum atomic E-state index is 12.1. The summed E-state index contributed by atoms with van der Waals surface area (Å²) < 4.78 is 0. The van der Waals surface area contributed by atoms with Crippen molar-refractivity contribution in [1.82, 2.24) is 4.90 Å². The third-order valence-electron chi connectivity index (χ3n) is 2.55. The number of amides is 1. The zero-order valence-electron chi connectivity index (χ0n) is 10.4. The number of nitrogen functional groups attached to an aromatic ring is 1. The van der Waals surface area contributed by atoms with E-state index in [2.05, 4.69) is 6.07 Å². The van der Waals surface area contributed by atoms with Gasteiger partial charge in [-0.05, 0) is 26.0 Å². The molecular formula is C13H17N3O. The average Bonchev–Trinajstić information content (AvgIpc) is 2.31. The second kappa shape index (κ2) is 5.35. The van der Waals surface area contributed by atoms with Crippen molar-refractivity contribution in [3.63, 3.8) is 0 Å². The van der Waals surface area contributed by atoms with Gasteiger partial charge in [0.25, 0.3) is 5.91 Å². The maximum absolute atomic E-state index is 12.1. The van der Waals surface area contributed by atoms with Gasteiger partial charge in [0.15, 0.2) is 0 Å². The third-order valence-corrected chi connectivity index (χ3v) is 2.55. The maximum Gasteiger partial charge on any atom is 0.255 e. The normalized spacial score (nSPS) is 11.6. The van der Waals surface area contributed by atoms with Crippen molar-refractivity contribution >= 4 is 11.6 Å². The number of nitriles is 1. The quantitative estimate of drug-likeness (QED) is 0.806. The third kappa shape index (κ3) is 3.22. The summed E-state index contributed by atoms with van der Waals surface area (Å²) in [6, 6.07) is 7.46. The summed E-state index contributed by atoms with van der Waals surface area (Å²) in [5.74, 6) is -0.330. The smallest absolute Gasteiger partial charge is 0.255 e. The molecule has 1 unspecified atom stereocenters. The van der Waals surface area contributed by atoms with Crippen molar-refractivity contribution < 1.29 is 4.79 Å². The average molecular weight is 231 g/mol. The van der Waals surface area contributed by atoms with Crippen LogP contribution in [-0.2, 0) is 0 Å². The number of benzene rings is 1. The van der Waals surface area contributed by atoms with Crippen molar-refractivity contribution in [3.8, 4) is 6.07 Å².